The van der Waals surface area contributed by atoms with Gasteiger partial charge in [-0.15, -0.1) is 0 Å². The van der Waals surface area contributed by atoms with Crippen molar-refractivity contribution in [1.82, 2.24) is 65.1 Å². The van der Waals surface area contributed by atoms with Gasteiger partial charge in [0.2, 0.25) is 29.1 Å². The maximum absolute atomic E-state index is 12.0. The molecular formula is C79H70Br3Cl3IN13O14. The van der Waals surface area contributed by atoms with E-state index in [0.717, 1.165) is 108 Å². The topological polar surface area (TPSA) is 409 Å². The monoisotopic (exact) mass is 1890 g/mol. The number of unbranched alkanes of at least 4 members (excludes halogenated alkanes) is 1. The van der Waals surface area contributed by atoms with Gasteiger partial charge in [0.1, 0.15) is 19.8 Å². The first-order chi connectivity index (χ1) is 54.2. The van der Waals surface area contributed by atoms with E-state index in [-0.39, 0.29) is 54.8 Å². The average molecular weight is 1900 g/mol. The molecule has 0 amide bonds. The molecule has 0 aliphatic carbocycles. The van der Waals surface area contributed by atoms with Gasteiger partial charge < -0.3 is 64.8 Å². The summed E-state index contributed by atoms with van der Waals surface area (Å²) in [5.74, 6) is -2.61. The van der Waals surface area contributed by atoms with Crippen molar-refractivity contribution in [2.24, 2.45) is 0 Å². The van der Waals surface area contributed by atoms with Crippen LogP contribution < -0.4 is 5.32 Å². The number of nitrogens with one attached hydrogen (secondary N) is 7. The first-order valence-electron chi connectivity index (χ1n) is 33.5. The zero-order valence-corrected chi connectivity index (χ0v) is 69.6. The predicted molar refractivity (Wildman–Crippen MR) is 451 cm³/mol. The minimum Gasteiger partial charge on any atom is -0.475 e. The van der Waals surface area contributed by atoms with Crippen molar-refractivity contribution in [1.29, 1.82) is 0 Å². The Hall–Kier alpha value is -10.9. The Balaban J connectivity index is 0.000000183. The van der Waals surface area contributed by atoms with Gasteiger partial charge >= 0.3 is 40.3 Å². The Morgan fingerprint density at radius 2 is 0.673 bits per heavy atom. The van der Waals surface area contributed by atoms with Crippen LogP contribution in [0.2, 0.25) is 0 Å². The molecule has 0 atom stereocenters. The van der Waals surface area contributed by atoms with E-state index < -0.39 is 45.6 Å². The van der Waals surface area contributed by atoms with Crippen molar-refractivity contribution in [3.05, 3.63) is 280 Å². The van der Waals surface area contributed by atoms with Crippen molar-refractivity contribution in [2.75, 3.05) is 20.7 Å². The number of aryl methyl sites for hydroxylation is 2. The molecule has 0 bridgehead atoms. The number of carboxylic acids is 2. The van der Waals surface area contributed by atoms with Gasteiger partial charge in [0.05, 0.1) is 66.2 Å². The lowest BCUT2D eigenvalue weighted by Crippen LogP contribution is -2.07. The molecule has 10 N–H and O–H groups in total. The van der Waals surface area contributed by atoms with Gasteiger partial charge in [0, 0.05) is 24.1 Å². The summed E-state index contributed by atoms with van der Waals surface area (Å²) >= 11 is 26.4. The number of aromatic nitrogens is 12. The van der Waals surface area contributed by atoms with Crippen LogP contribution in [0.25, 0.3) is 66.2 Å². The molecule has 27 nitrogen and oxygen atoms in total. The van der Waals surface area contributed by atoms with Crippen molar-refractivity contribution in [2.45, 2.75) is 53.4 Å². The number of nitrogens with zero attached hydrogens (tertiary/aromatic N) is 6. The number of imidazole rings is 6. The number of hydrogen-bond acceptors (Lipinski definition) is 19. The number of ether oxygens (including phenoxy) is 3. The van der Waals surface area contributed by atoms with E-state index in [9.17, 15) is 38.4 Å². The molecule has 0 fully saturated rings. The number of aliphatic hydroxyl groups is 1. The van der Waals surface area contributed by atoms with E-state index in [2.05, 4.69) is 166 Å². The van der Waals surface area contributed by atoms with Gasteiger partial charge in [-0.1, -0.05) is 164 Å². The number of carbonyl (C=O) groups excluding carboxylic acids is 6. The van der Waals surface area contributed by atoms with Crippen molar-refractivity contribution >= 4 is 217 Å². The molecule has 6 heterocycles. The zero-order chi connectivity index (χ0) is 82.1. The number of halogens is 7. The number of aromatic carboxylic acids is 2. The lowest BCUT2D eigenvalue weighted by molar-refractivity contribution is -0.127. The van der Waals surface area contributed by atoms with Gasteiger partial charge in [0.15, 0.2) is 5.82 Å². The normalized spacial score (nSPS) is 10.2. The van der Waals surface area contributed by atoms with E-state index in [0.29, 0.717) is 16.6 Å². The third kappa shape index (κ3) is 29.0. The van der Waals surface area contributed by atoms with E-state index in [1.165, 1.54) is 12.8 Å². The predicted octanol–water partition coefficient (Wildman–Crippen LogP) is 17.9. The maximum atomic E-state index is 12.0. The van der Waals surface area contributed by atoms with E-state index in [1.807, 2.05) is 197 Å². The Kier molecular flexibility index (Phi) is 36.0. The molecule has 15 rings (SSSR count). The molecule has 9 aromatic carbocycles. The fourth-order valence-electron chi connectivity index (χ4n) is 9.49. The highest BCUT2D eigenvalue weighted by Crippen LogP contribution is 2.23. The number of hydrogen-bond donors (Lipinski definition) is 10. The molecule has 0 spiro atoms. The summed E-state index contributed by atoms with van der Waals surface area (Å²) in [6, 6.07) is 62.2. The molecule has 584 valence electrons. The van der Waals surface area contributed by atoms with Gasteiger partial charge in [-0.05, 0) is 216 Å². The highest BCUT2D eigenvalue weighted by molar-refractivity contribution is 14.1. The molecule has 15 aromatic rings. The number of H-pyrrole nitrogens is 6. The molecule has 34 heteroatoms. The second-order valence-electron chi connectivity index (χ2n) is 23.3. The largest absolute Gasteiger partial charge is 0.475 e. The van der Waals surface area contributed by atoms with Crippen LogP contribution in [0, 0.1) is 17.4 Å². The van der Waals surface area contributed by atoms with E-state index in [4.69, 9.17) is 41.1 Å². The van der Waals surface area contributed by atoms with Crippen molar-refractivity contribution in [3.63, 3.8) is 0 Å². The minimum atomic E-state index is -1.14. The zero-order valence-electron chi connectivity index (χ0n) is 60.5. The van der Waals surface area contributed by atoms with Gasteiger partial charge in [-0.2, -0.15) is 0 Å². The van der Waals surface area contributed by atoms with E-state index in [1.54, 1.807) is 24.3 Å². The van der Waals surface area contributed by atoms with Gasteiger partial charge in [-0.3, -0.25) is 14.4 Å². The summed E-state index contributed by atoms with van der Waals surface area (Å²) in [5, 5.41) is 24.5. The summed E-state index contributed by atoms with van der Waals surface area (Å²) in [7, 11) is 2.98. The molecule has 0 saturated carbocycles. The van der Waals surface area contributed by atoms with Crippen LogP contribution >= 0.6 is 105 Å². The second kappa shape index (κ2) is 45.6. The number of rotatable bonds is 16. The summed E-state index contributed by atoms with van der Waals surface area (Å²) in [4.78, 5) is 128. The fraction of sp³-hybridized carbons (Fsp3) is 0.139. The molecule has 0 radical (unpaired) electrons. The number of fused-ring (bicyclic) bond motifs is 6. The Labute approximate surface area is 698 Å². The molecule has 0 aliphatic heterocycles. The first kappa shape index (κ1) is 89.3. The summed E-state index contributed by atoms with van der Waals surface area (Å²) in [6.07, 6.45) is 2.59. The molecule has 6 aromatic heterocycles. The fourth-order valence-corrected chi connectivity index (χ4v) is 11.2. The standard InChI is InChI=1S/C16H14N2O2.C15H11BrN2O2.C15H11IN2O2.C9H8N2O2.C8H4BrClN2O.C8H5BrN2O2.C5H13N.C2Cl2O2.CH4O/c1-11-7-8-13-14(9-11)18-15(17-13)16(19)20-10-12-5-3-2-4-6-12;2*16-11-6-7-12-13(8-11)18-14(17-12)15(19)20-9-10-4-2-1-3-5-10;1-5-2-3-6-7(4-5)11-8(10-6)9(12)13;9-4-1-2-5-6(3-4)12-8(11-5)7(10)13;9-4-1-2-5-6(3-4)11-7(10-5)8(12)13;1-3-4-5-6-2;3-1(5)2(4)6;1-2/h2-9H,10H2,1H3,(H,17,18);2*1-8H,9H2,(H,17,18);2-4H,1H3,(H,10,11)(H,12,13);1-3H,(H,11,12);1-3H,(H,10,11)(H,12,13);6H,3-5H2,1-2H3;;2H,1H3. The quantitative estimate of drug-likeness (QED) is 0.0107. The number of aliphatic hydroxyl groups excluding tert-OH is 1. The molecular weight excluding hydrogens is 1830 g/mol. The van der Waals surface area contributed by atoms with Crippen LogP contribution in [0.4, 0.5) is 0 Å². The third-order valence-corrected chi connectivity index (χ3v) is 17.6. The maximum Gasteiger partial charge on any atom is 0.374 e. The number of carboxylic acid groups (broad SMARTS) is 2. The molecule has 0 aliphatic rings. The Bertz CT molecular complexity index is 5190. The van der Waals surface area contributed by atoms with E-state index >= 15 is 0 Å². The molecule has 0 saturated heterocycles. The number of carbonyl (C=O) groups is 8. The SMILES string of the molecule is CCCCNC.CO.Cc1ccc2nc(C(=O)O)[nH]c2c1.Cc1ccc2nc(C(=O)OCc3ccccc3)[nH]c2c1.O=C(Cl)C(=O)Cl.O=C(Cl)c1nc2ccc(Br)cc2[nH]1.O=C(O)c1nc2ccc(Br)cc2[nH]1.O=C(OCc1ccccc1)c1nc2ccc(Br)cc2[nH]1.O=C(OCc1ccccc1)c1nc2ccc(I)cc2[nH]1. The molecule has 113 heavy (non-hydrogen) atoms. The first-order valence-corrected chi connectivity index (χ1v) is 38.1. The minimum absolute atomic E-state index is 0.0133. The smallest absolute Gasteiger partial charge is 0.374 e. The Morgan fingerprint density at radius 3 is 0.965 bits per heavy atom. The lowest BCUT2D eigenvalue weighted by atomic mass is 10.2. The van der Waals surface area contributed by atoms with Gasteiger partial charge in [0.25, 0.3) is 5.24 Å². The van der Waals surface area contributed by atoms with Crippen LogP contribution in [0.5, 0.6) is 0 Å². The highest BCUT2D eigenvalue weighted by Gasteiger charge is 2.18. The van der Waals surface area contributed by atoms with Gasteiger partial charge in [-0.25, -0.2) is 53.9 Å². The number of aromatic amines is 6. The number of esters is 3. The summed E-state index contributed by atoms with van der Waals surface area (Å²) < 4.78 is 19.5. The summed E-state index contributed by atoms with van der Waals surface area (Å²) in [5.41, 5.74) is 14.1. The van der Waals surface area contributed by atoms with Crippen LogP contribution in [0.1, 0.15) is 111 Å². The average Bonchev–Trinajstić information content (AvgIpc) is 1.74. The third-order valence-electron chi connectivity index (χ3n) is 14.8. The van der Waals surface area contributed by atoms with Crippen LogP contribution in [-0.4, -0.2) is 141 Å². The highest BCUT2D eigenvalue weighted by atomic mass is 127. The Morgan fingerprint density at radius 1 is 0.398 bits per heavy atom. The van der Waals surface area contributed by atoms with Crippen molar-refractivity contribution in [3.8, 4) is 0 Å². The molecule has 0 unspecified atom stereocenters. The number of benzene rings is 9. The lowest BCUT2D eigenvalue weighted by Gasteiger charge is -2.02. The van der Waals surface area contributed by atoms with Crippen LogP contribution in [-0.2, 0) is 43.6 Å². The second-order valence-corrected chi connectivity index (χ2v) is 28.3. The van der Waals surface area contributed by atoms with Crippen LogP contribution in [0.3, 0.4) is 0 Å². The summed E-state index contributed by atoms with van der Waals surface area (Å²) in [6.45, 7) is 8.02. The van der Waals surface area contributed by atoms with Crippen LogP contribution in [0.15, 0.2) is 214 Å². The van der Waals surface area contributed by atoms with Crippen molar-refractivity contribution < 1.29 is 67.9 Å².